The number of aromatic nitrogens is 1. The lowest BCUT2D eigenvalue weighted by Gasteiger charge is -2.04. The highest BCUT2D eigenvalue weighted by Gasteiger charge is 2.21. The Morgan fingerprint density at radius 3 is 2.33 bits per heavy atom. The first kappa shape index (κ1) is 15.0. The topological polar surface area (TPSA) is 76.5 Å². The summed E-state index contributed by atoms with van der Waals surface area (Å²) in [6.07, 6.45) is 0. The van der Waals surface area contributed by atoms with E-state index in [1.807, 2.05) is 0 Å². The van der Waals surface area contributed by atoms with Crippen LogP contribution in [-0.2, 0) is 0 Å². The van der Waals surface area contributed by atoms with Gasteiger partial charge in [0.15, 0.2) is 11.5 Å². The number of carboxylic acid groups (broad SMARTS) is 1. The Hall–Kier alpha value is -2.35. The zero-order chi connectivity index (χ0) is 15.6. The van der Waals surface area contributed by atoms with Gasteiger partial charge in [0.2, 0.25) is 0 Å². The molecule has 2 aromatic rings. The lowest BCUT2D eigenvalue weighted by Crippen LogP contribution is -2.03. The molecule has 0 saturated carbocycles. The lowest BCUT2D eigenvalue weighted by atomic mass is 10.2. The minimum absolute atomic E-state index is 0.0180. The van der Waals surface area contributed by atoms with Crippen LogP contribution in [0.2, 0.25) is 0 Å². The van der Waals surface area contributed by atoms with Gasteiger partial charge in [-0.25, -0.2) is 9.78 Å². The monoisotopic (exact) mass is 313 g/mol. The minimum atomic E-state index is -2.92. The molecular formula is C13H9F2NO4S. The number of carbonyl (C=O) groups excluding carboxylic acids is 1. The number of thiazole rings is 1. The Morgan fingerprint density at radius 2 is 1.90 bits per heavy atom. The second-order valence-electron chi connectivity index (χ2n) is 3.96. The van der Waals surface area contributed by atoms with E-state index in [1.54, 1.807) is 0 Å². The molecule has 21 heavy (non-hydrogen) atoms. The summed E-state index contributed by atoms with van der Waals surface area (Å²) in [6, 6.07) is 5.56. The summed E-state index contributed by atoms with van der Waals surface area (Å²) in [5, 5.41) is 9.33. The number of carboxylic acids is 1. The van der Waals surface area contributed by atoms with Gasteiger partial charge in [0, 0.05) is 12.5 Å². The van der Waals surface area contributed by atoms with Gasteiger partial charge >= 0.3 is 12.6 Å². The van der Waals surface area contributed by atoms with Gasteiger partial charge in [-0.1, -0.05) is 0 Å². The van der Waals surface area contributed by atoms with Crippen molar-refractivity contribution in [2.45, 2.75) is 13.5 Å². The van der Waals surface area contributed by atoms with Crippen molar-refractivity contribution in [1.29, 1.82) is 0 Å². The molecule has 2 rings (SSSR count). The van der Waals surface area contributed by atoms with Crippen molar-refractivity contribution in [3.63, 3.8) is 0 Å². The molecule has 0 aliphatic carbocycles. The van der Waals surface area contributed by atoms with Crippen LogP contribution in [0.3, 0.4) is 0 Å². The number of hydrogen-bond donors (Lipinski definition) is 1. The van der Waals surface area contributed by atoms with Crippen LogP contribution in [-0.4, -0.2) is 28.5 Å². The van der Waals surface area contributed by atoms with E-state index >= 15 is 0 Å². The third kappa shape index (κ3) is 3.40. The second-order valence-corrected chi connectivity index (χ2v) is 4.96. The van der Waals surface area contributed by atoms with Crippen molar-refractivity contribution >= 4 is 23.1 Å². The molecule has 1 aromatic carbocycles. The number of benzene rings is 1. The molecule has 0 aliphatic heterocycles. The summed E-state index contributed by atoms with van der Waals surface area (Å²) in [5.74, 6) is -1.70. The summed E-state index contributed by atoms with van der Waals surface area (Å²) in [6.45, 7) is -1.66. The van der Waals surface area contributed by atoms with Crippen LogP contribution < -0.4 is 4.74 Å². The Morgan fingerprint density at radius 1 is 1.29 bits per heavy atom. The molecule has 0 aliphatic rings. The molecule has 1 N–H and O–H groups in total. The summed E-state index contributed by atoms with van der Waals surface area (Å²) >= 11 is 0.938. The predicted molar refractivity (Wildman–Crippen MR) is 71.1 cm³/mol. The number of alkyl halides is 2. The lowest BCUT2D eigenvalue weighted by molar-refractivity contribution is -0.0498. The summed E-state index contributed by atoms with van der Waals surface area (Å²) < 4.78 is 28.3. The van der Waals surface area contributed by atoms with Gasteiger partial charge in [-0.3, -0.25) is 4.79 Å². The molecule has 0 atom stereocenters. The Balaban J connectivity index is 2.36. The van der Waals surface area contributed by atoms with E-state index in [2.05, 4.69) is 9.72 Å². The van der Waals surface area contributed by atoms with E-state index in [0.717, 1.165) is 11.3 Å². The zero-order valence-electron chi connectivity index (χ0n) is 10.7. The molecule has 0 bridgehead atoms. The van der Waals surface area contributed by atoms with E-state index in [9.17, 15) is 18.4 Å². The highest BCUT2D eigenvalue weighted by molar-refractivity contribution is 7.17. The van der Waals surface area contributed by atoms with E-state index in [1.165, 1.54) is 31.2 Å². The average Bonchev–Trinajstić information content (AvgIpc) is 2.84. The van der Waals surface area contributed by atoms with Crippen molar-refractivity contribution in [3.8, 4) is 16.3 Å². The summed E-state index contributed by atoms with van der Waals surface area (Å²) in [5.41, 5.74) is 0.201. The van der Waals surface area contributed by atoms with Crippen molar-refractivity contribution in [1.82, 2.24) is 4.98 Å². The molecule has 110 valence electrons. The van der Waals surface area contributed by atoms with Crippen LogP contribution in [0.5, 0.6) is 5.75 Å². The third-order valence-corrected chi connectivity index (χ3v) is 3.68. The number of nitrogens with zero attached hydrogens (tertiary/aromatic N) is 1. The second kappa shape index (κ2) is 5.96. The first-order valence-electron chi connectivity index (χ1n) is 5.68. The first-order valence-corrected chi connectivity index (χ1v) is 6.50. The number of rotatable bonds is 5. The molecule has 0 amide bonds. The normalized spacial score (nSPS) is 10.7. The maximum Gasteiger partial charge on any atom is 0.387 e. The minimum Gasteiger partial charge on any atom is -0.476 e. The highest BCUT2D eigenvalue weighted by atomic mass is 32.1. The van der Waals surface area contributed by atoms with Gasteiger partial charge in [-0.05, 0) is 24.3 Å². The van der Waals surface area contributed by atoms with Gasteiger partial charge < -0.3 is 9.84 Å². The first-order chi connectivity index (χ1) is 9.88. The maximum atomic E-state index is 12.0. The zero-order valence-corrected chi connectivity index (χ0v) is 11.5. The summed E-state index contributed by atoms with van der Waals surface area (Å²) in [7, 11) is 0. The smallest absolute Gasteiger partial charge is 0.387 e. The van der Waals surface area contributed by atoms with Crippen LogP contribution >= 0.6 is 11.3 Å². The van der Waals surface area contributed by atoms with Gasteiger partial charge in [0.1, 0.15) is 15.6 Å². The largest absolute Gasteiger partial charge is 0.476 e. The van der Waals surface area contributed by atoms with Crippen molar-refractivity contribution in [2.24, 2.45) is 0 Å². The fourth-order valence-corrected chi connectivity index (χ4v) is 2.56. The van der Waals surface area contributed by atoms with E-state index in [0.29, 0.717) is 10.6 Å². The van der Waals surface area contributed by atoms with Crippen LogP contribution in [0.1, 0.15) is 27.1 Å². The van der Waals surface area contributed by atoms with E-state index in [4.69, 9.17) is 5.11 Å². The number of hydrogen-bond acceptors (Lipinski definition) is 5. The van der Waals surface area contributed by atoms with Crippen molar-refractivity contribution in [2.75, 3.05) is 0 Å². The number of carbonyl (C=O) groups is 2. The average molecular weight is 313 g/mol. The van der Waals surface area contributed by atoms with Crippen LogP contribution in [0, 0.1) is 0 Å². The van der Waals surface area contributed by atoms with Crippen LogP contribution in [0.15, 0.2) is 24.3 Å². The quantitative estimate of drug-likeness (QED) is 0.857. The van der Waals surface area contributed by atoms with E-state index in [-0.39, 0.29) is 16.3 Å². The van der Waals surface area contributed by atoms with E-state index < -0.39 is 18.4 Å². The molecule has 1 aromatic heterocycles. The number of ether oxygens (including phenoxy) is 1. The molecule has 0 unspecified atom stereocenters. The van der Waals surface area contributed by atoms with Crippen LogP contribution in [0.4, 0.5) is 8.78 Å². The molecule has 0 radical (unpaired) electrons. The molecular weight excluding hydrogens is 304 g/mol. The highest BCUT2D eigenvalue weighted by Crippen LogP contribution is 2.30. The maximum absolute atomic E-state index is 12.0. The van der Waals surface area contributed by atoms with Crippen molar-refractivity contribution < 1.29 is 28.2 Å². The molecule has 8 heteroatoms. The molecule has 1 heterocycles. The molecule has 5 nitrogen and oxygen atoms in total. The van der Waals surface area contributed by atoms with Crippen LogP contribution in [0.25, 0.3) is 10.6 Å². The number of halogens is 2. The van der Waals surface area contributed by atoms with Crippen molar-refractivity contribution in [3.05, 3.63) is 34.8 Å². The number of Topliss-reactive ketones (excluding diaryl/α,β-unsaturated/α-hetero) is 1. The Bertz CT molecular complexity index is 650. The SMILES string of the molecule is CC(=O)c1sc(-c2ccc(OC(F)F)cc2)nc1C(=O)O. The number of ketones is 1. The van der Waals surface area contributed by atoms with Gasteiger partial charge in [-0.2, -0.15) is 8.78 Å². The standard InChI is InChI=1S/C13H9F2NO4S/c1-6(17)10-9(12(18)19)16-11(21-10)7-2-4-8(5-3-7)20-13(14)15/h2-5,13H,1H3,(H,18,19). The Kier molecular flexibility index (Phi) is 4.27. The summed E-state index contributed by atoms with van der Waals surface area (Å²) in [4.78, 5) is 26.4. The predicted octanol–water partition coefficient (Wildman–Crippen LogP) is 3.31. The van der Waals surface area contributed by atoms with Gasteiger partial charge in [-0.15, -0.1) is 11.3 Å². The molecule has 0 saturated heterocycles. The fraction of sp³-hybridized carbons (Fsp3) is 0.154. The molecule has 0 fully saturated rings. The van der Waals surface area contributed by atoms with Gasteiger partial charge in [0.05, 0.1) is 0 Å². The molecule has 0 spiro atoms. The Labute approximate surface area is 121 Å². The third-order valence-electron chi connectivity index (χ3n) is 2.48. The number of aromatic carboxylic acids is 1. The fourth-order valence-electron chi connectivity index (χ4n) is 1.61. The van der Waals surface area contributed by atoms with Gasteiger partial charge in [0.25, 0.3) is 0 Å².